The minimum Gasteiger partial charge on any atom is -0.497 e. The third-order valence-corrected chi connectivity index (χ3v) is 7.52. The fourth-order valence-corrected chi connectivity index (χ4v) is 5.93. The number of anilines is 1. The predicted molar refractivity (Wildman–Crippen MR) is 116 cm³/mol. The maximum absolute atomic E-state index is 13.2. The molecule has 162 valence electrons. The third kappa shape index (κ3) is 2.82. The van der Waals surface area contributed by atoms with E-state index in [1.807, 2.05) is 0 Å². The molecular formula is C26H23NO5. The highest BCUT2D eigenvalue weighted by Gasteiger charge is 2.67. The summed E-state index contributed by atoms with van der Waals surface area (Å²) in [5.74, 6) is 1.97. The summed E-state index contributed by atoms with van der Waals surface area (Å²) in [5, 5.41) is 0. The fourth-order valence-electron chi connectivity index (χ4n) is 5.93. The number of methoxy groups -OCH3 is 1. The number of amides is 2. The van der Waals surface area contributed by atoms with Gasteiger partial charge in [-0.2, -0.15) is 0 Å². The van der Waals surface area contributed by atoms with Gasteiger partial charge in [0, 0.05) is 5.56 Å². The lowest BCUT2D eigenvalue weighted by Crippen LogP contribution is -2.40. The Bertz CT molecular complexity index is 1120. The molecular weight excluding hydrogens is 406 g/mol. The molecule has 2 amide bonds. The van der Waals surface area contributed by atoms with Gasteiger partial charge < -0.3 is 9.47 Å². The SMILES string of the molecule is COc1cccc(C(=O)COc2ccc(N3C(=O)[C@H]4[C@@H]5C=C[C@@H]([C@H]6C[C@H]56)[C@@H]4C3=O)cc2)c1. The number of hydrogen-bond acceptors (Lipinski definition) is 5. The number of allylic oxidation sites excluding steroid dienone is 2. The van der Waals surface area contributed by atoms with Crippen LogP contribution in [-0.2, 0) is 9.59 Å². The molecule has 0 unspecified atom stereocenters. The van der Waals surface area contributed by atoms with Gasteiger partial charge in [0.1, 0.15) is 11.5 Å². The molecule has 0 aromatic heterocycles. The van der Waals surface area contributed by atoms with Gasteiger partial charge in [-0.1, -0.05) is 24.3 Å². The number of carbonyl (C=O) groups excluding carboxylic acids is 3. The molecule has 0 N–H and O–H groups in total. The summed E-state index contributed by atoms with van der Waals surface area (Å²) in [6, 6.07) is 13.7. The van der Waals surface area contributed by atoms with Crippen molar-refractivity contribution in [1.82, 2.24) is 0 Å². The number of Topliss-reactive ketones (excluding diaryl/α,β-unsaturated/α-hetero) is 1. The molecule has 1 saturated heterocycles. The Labute approximate surface area is 185 Å². The van der Waals surface area contributed by atoms with Crippen molar-refractivity contribution in [1.29, 1.82) is 0 Å². The van der Waals surface area contributed by atoms with Crippen LogP contribution in [0.5, 0.6) is 11.5 Å². The van der Waals surface area contributed by atoms with E-state index in [-0.39, 0.29) is 47.9 Å². The highest BCUT2D eigenvalue weighted by Crippen LogP contribution is 2.65. The van der Waals surface area contributed by atoms with E-state index in [0.29, 0.717) is 34.6 Å². The summed E-state index contributed by atoms with van der Waals surface area (Å²) in [6.07, 6.45) is 5.49. The minimum absolute atomic E-state index is 0.0772. The van der Waals surface area contributed by atoms with Crippen molar-refractivity contribution in [2.24, 2.45) is 35.5 Å². The standard InChI is InChI=1S/C26H23NO5/c1-31-17-4-2-3-14(11-17)22(28)13-32-16-7-5-15(6-8-16)27-25(29)23-18-9-10-19(21-12-20(18)21)24(23)26(27)30/h2-11,18-21,23-24H,12-13H2,1H3/t18-,19+,20-,21-,23+,24+/m1/s1. The molecule has 3 fully saturated rings. The largest absolute Gasteiger partial charge is 0.497 e. The summed E-state index contributed by atoms with van der Waals surface area (Å²) < 4.78 is 10.8. The zero-order valence-electron chi connectivity index (χ0n) is 17.6. The molecule has 6 nitrogen and oxygen atoms in total. The monoisotopic (exact) mass is 429 g/mol. The molecule has 32 heavy (non-hydrogen) atoms. The molecule has 2 bridgehead atoms. The summed E-state index contributed by atoms with van der Waals surface area (Å²) in [7, 11) is 1.55. The average molecular weight is 429 g/mol. The first kappa shape index (κ1) is 19.3. The van der Waals surface area contributed by atoms with Crippen LogP contribution in [0.4, 0.5) is 5.69 Å². The molecule has 0 spiro atoms. The van der Waals surface area contributed by atoms with Crippen molar-refractivity contribution < 1.29 is 23.9 Å². The van der Waals surface area contributed by atoms with E-state index in [4.69, 9.17) is 9.47 Å². The zero-order chi connectivity index (χ0) is 22.0. The molecule has 6 heteroatoms. The van der Waals surface area contributed by atoms with E-state index in [2.05, 4.69) is 12.2 Å². The maximum Gasteiger partial charge on any atom is 0.238 e. The van der Waals surface area contributed by atoms with Gasteiger partial charge in [-0.3, -0.25) is 19.3 Å². The normalized spacial score (nSPS) is 31.3. The quantitative estimate of drug-likeness (QED) is 0.399. The van der Waals surface area contributed by atoms with E-state index in [0.717, 1.165) is 6.42 Å². The second-order valence-electron chi connectivity index (χ2n) is 9.10. The van der Waals surface area contributed by atoms with Crippen LogP contribution in [0.3, 0.4) is 0 Å². The molecule has 5 aliphatic rings. The lowest BCUT2D eigenvalue weighted by Gasteiger charge is -2.37. The van der Waals surface area contributed by atoms with E-state index < -0.39 is 0 Å². The van der Waals surface area contributed by atoms with Crippen LogP contribution in [0.25, 0.3) is 0 Å². The number of carbonyl (C=O) groups is 3. The minimum atomic E-state index is -0.210. The molecule has 1 heterocycles. The van der Waals surface area contributed by atoms with E-state index in [9.17, 15) is 14.4 Å². The van der Waals surface area contributed by atoms with Crippen LogP contribution in [0.2, 0.25) is 0 Å². The van der Waals surface area contributed by atoms with Crippen molar-refractivity contribution in [2.45, 2.75) is 6.42 Å². The molecule has 2 aromatic carbocycles. The highest BCUT2D eigenvalue weighted by atomic mass is 16.5. The van der Waals surface area contributed by atoms with E-state index >= 15 is 0 Å². The number of nitrogens with zero attached hydrogens (tertiary/aromatic N) is 1. The number of hydrogen-bond donors (Lipinski definition) is 0. The van der Waals surface area contributed by atoms with Crippen LogP contribution in [0, 0.1) is 35.5 Å². The number of benzene rings is 2. The first-order chi connectivity index (χ1) is 15.6. The van der Waals surface area contributed by atoms with Crippen molar-refractivity contribution in [3.05, 3.63) is 66.2 Å². The van der Waals surface area contributed by atoms with Gasteiger partial charge in [-0.25, -0.2) is 0 Å². The van der Waals surface area contributed by atoms with Gasteiger partial charge in [-0.15, -0.1) is 0 Å². The molecule has 2 aromatic rings. The number of rotatable bonds is 6. The first-order valence-electron chi connectivity index (χ1n) is 11.0. The summed E-state index contributed by atoms with van der Waals surface area (Å²) in [5.41, 5.74) is 1.08. The molecule has 4 aliphatic carbocycles. The molecule has 7 rings (SSSR count). The number of imide groups is 1. The second kappa shape index (κ2) is 7.05. The summed E-state index contributed by atoms with van der Waals surface area (Å²) >= 11 is 0. The maximum atomic E-state index is 13.2. The van der Waals surface area contributed by atoms with Crippen LogP contribution in [0.15, 0.2) is 60.7 Å². The topological polar surface area (TPSA) is 72.9 Å². The van der Waals surface area contributed by atoms with E-state index in [1.54, 1.807) is 55.6 Å². The second-order valence-corrected chi connectivity index (χ2v) is 9.10. The van der Waals surface area contributed by atoms with E-state index in [1.165, 1.54) is 4.90 Å². The van der Waals surface area contributed by atoms with Gasteiger partial charge in [-0.05, 0) is 66.5 Å². The highest BCUT2D eigenvalue weighted by molar-refractivity contribution is 6.22. The molecule has 0 radical (unpaired) electrons. The van der Waals surface area contributed by atoms with Gasteiger partial charge >= 0.3 is 0 Å². The Balaban J connectivity index is 1.15. The Morgan fingerprint density at radius 3 is 2.22 bits per heavy atom. The summed E-state index contributed by atoms with van der Waals surface area (Å²) in [6.45, 7) is -0.115. The van der Waals surface area contributed by atoms with Gasteiger partial charge in [0.2, 0.25) is 11.8 Å². The summed E-state index contributed by atoms with van der Waals surface area (Å²) in [4.78, 5) is 40.2. The molecule has 2 saturated carbocycles. The smallest absolute Gasteiger partial charge is 0.238 e. The van der Waals surface area contributed by atoms with Crippen LogP contribution >= 0.6 is 0 Å². The van der Waals surface area contributed by atoms with Gasteiger partial charge in [0.15, 0.2) is 12.4 Å². The predicted octanol–water partition coefficient (Wildman–Crippen LogP) is 3.51. The molecule has 1 aliphatic heterocycles. The number of ketones is 1. The van der Waals surface area contributed by atoms with Crippen molar-refractivity contribution >= 4 is 23.3 Å². The Hall–Kier alpha value is -3.41. The van der Waals surface area contributed by atoms with Crippen molar-refractivity contribution in [3.8, 4) is 11.5 Å². The average Bonchev–Trinajstić information content (AvgIpc) is 3.61. The lowest BCUT2D eigenvalue weighted by molar-refractivity contribution is -0.124. The van der Waals surface area contributed by atoms with Crippen LogP contribution < -0.4 is 14.4 Å². The lowest BCUT2D eigenvalue weighted by atomic mass is 9.63. The van der Waals surface area contributed by atoms with Gasteiger partial charge in [0.25, 0.3) is 0 Å². The van der Waals surface area contributed by atoms with Crippen LogP contribution in [-0.4, -0.2) is 31.3 Å². The van der Waals surface area contributed by atoms with Crippen molar-refractivity contribution in [2.75, 3.05) is 18.6 Å². The fraction of sp³-hybridized carbons (Fsp3) is 0.346. The first-order valence-corrected chi connectivity index (χ1v) is 11.0. The van der Waals surface area contributed by atoms with Gasteiger partial charge in [0.05, 0.1) is 24.6 Å². The number of ether oxygens (including phenoxy) is 2. The van der Waals surface area contributed by atoms with Crippen LogP contribution in [0.1, 0.15) is 16.8 Å². The Morgan fingerprint density at radius 1 is 0.938 bits per heavy atom. The van der Waals surface area contributed by atoms with Crippen molar-refractivity contribution in [3.63, 3.8) is 0 Å². The molecule has 6 atom stereocenters. The third-order valence-electron chi connectivity index (χ3n) is 7.52. The Morgan fingerprint density at radius 2 is 1.59 bits per heavy atom. The Kier molecular flexibility index (Phi) is 4.25. The zero-order valence-corrected chi connectivity index (χ0v) is 17.6.